The van der Waals surface area contributed by atoms with Gasteiger partial charge in [0.15, 0.2) is 22.3 Å². The van der Waals surface area contributed by atoms with E-state index in [4.69, 9.17) is 9.47 Å². The highest BCUT2D eigenvalue weighted by Crippen LogP contribution is 2.28. The minimum Gasteiger partial charge on any atom is -0.493 e. The van der Waals surface area contributed by atoms with Gasteiger partial charge in [-0.05, 0) is 25.1 Å². The molecular formula is C18H16N4O2S. The van der Waals surface area contributed by atoms with Gasteiger partial charge in [-0.3, -0.25) is 0 Å². The number of para-hydroxylation sites is 2. The van der Waals surface area contributed by atoms with Crippen molar-refractivity contribution in [1.82, 2.24) is 19.8 Å². The van der Waals surface area contributed by atoms with Crippen molar-refractivity contribution < 1.29 is 9.47 Å². The summed E-state index contributed by atoms with van der Waals surface area (Å²) in [5, 5.41) is 13.9. The summed E-state index contributed by atoms with van der Waals surface area (Å²) in [6.07, 6.45) is 0. The third kappa shape index (κ3) is 3.06. The molecule has 0 N–H and O–H groups in total. The third-order valence-electron chi connectivity index (χ3n) is 3.73. The fraction of sp³-hybridized carbons (Fsp3) is 0.167. The van der Waals surface area contributed by atoms with E-state index in [9.17, 15) is 0 Å². The number of nitrogens with zero attached hydrogens (tertiary/aromatic N) is 4. The first kappa shape index (κ1) is 15.6. The van der Waals surface area contributed by atoms with Crippen LogP contribution in [-0.4, -0.2) is 26.9 Å². The number of hydrogen-bond donors (Lipinski definition) is 0. The smallest absolute Gasteiger partial charge is 0.235 e. The molecule has 0 aliphatic rings. The lowest BCUT2D eigenvalue weighted by Gasteiger charge is -2.08. The third-order valence-corrected chi connectivity index (χ3v) is 4.60. The molecule has 7 heteroatoms. The Balaban J connectivity index is 1.60. The van der Waals surface area contributed by atoms with Crippen LogP contribution in [0, 0.1) is 6.92 Å². The molecular weight excluding hydrogens is 336 g/mol. The van der Waals surface area contributed by atoms with E-state index >= 15 is 0 Å². The maximum atomic E-state index is 5.84. The van der Waals surface area contributed by atoms with Crippen molar-refractivity contribution >= 4 is 16.3 Å². The van der Waals surface area contributed by atoms with Crippen molar-refractivity contribution in [3.05, 3.63) is 59.1 Å². The van der Waals surface area contributed by atoms with E-state index in [1.807, 2.05) is 36.4 Å². The van der Waals surface area contributed by atoms with Crippen LogP contribution in [-0.2, 0) is 6.61 Å². The molecule has 0 saturated heterocycles. The lowest BCUT2D eigenvalue weighted by atomic mass is 10.1. The van der Waals surface area contributed by atoms with Gasteiger partial charge in [-0.25, -0.2) is 0 Å². The summed E-state index contributed by atoms with van der Waals surface area (Å²) in [4.78, 5) is 0.745. The molecule has 126 valence electrons. The number of methoxy groups -OCH3 is 1. The number of hydrogen-bond acceptors (Lipinski definition) is 6. The average molecular weight is 352 g/mol. The quantitative estimate of drug-likeness (QED) is 0.547. The highest BCUT2D eigenvalue weighted by molar-refractivity contribution is 7.16. The zero-order valence-electron chi connectivity index (χ0n) is 13.8. The number of ether oxygens (including phenoxy) is 2. The molecule has 0 aliphatic carbocycles. The Labute approximate surface area is 148 Å². The van der Waals surface area contributed by atoms with Crippen molar-refractivity contribution in [2.75, 3.05) is 7.11 Å². The molecule has 4 rings (SSSR count). The summed E-state index contributed by atoms with van der Waals surface area (Å²) in [6.45, 7) is 2.40. The van der Waals surface area contributed by atoms with Gasteiger partial charge in [0.2, 0.25) is 4.96 Å². The first-order valence-corrected chi connectivity index (χ1v) is 8.60. The molecule has 2 aromatic carbocycles. The highest BCUT2D eigenvalue weighted by Gasteiger charge is 2.14. The van der Waals surface area contributed by atoms with Crippen LogP contribution in [0.5, 0.6) is 11.5 Å². The Morgan fingerprint density at radius 1 is 1.04 bits per heavy atom. The van der Waals surface area contributed by atoms with Crippen molar-refractivity contribution in [3.8, 4) is 22.9 Å². The Bertz CT molecular complexity index is 1020. The minimum absolute atomic E-state index is 0.349. The van der Waals surface area contributed by atoms with Crippen molar-refractivity contribution in [2.45, 2.75) is 13.5 Å². The Kier molecular flexibility index (Phi) is 4.07. The van der Waals surface area contributed by atoms with Gasteiger partial charge in [0.25, 0.3) is 0 Å². The maximum absolute atomic E-state index is 5.84. The van der Waals surface area contributed by atoms with Gasteiger partial charge in [0.1, 0.15) is 6.61 Å². The first-order chi connectivity index (χ1) is 12.2. The Morgan fingerprint density at radius 2 is 1.88 bits per heavy atom. The molecule has 2 aromatic heterocycles. The van der Waals surface area contributed by atoms with E-state index in [2.05, 4.69) is 34.4 Å². The molecule has 2 heterocycles. The number of aromatic nitrogens is 4. The average Bonchev–Trinajstić information content (AvgIpc) is 3.20. The van der Waals surface area contributed by atoms with Crippen LogP contribution < -0.4 is 9.47 Å². The second-order valence-electron chi connectivity index (χ2n) is 5.52. The molecule has 4 aromatic rings. The van der Waals surface area contributed by atoms with Crippen LogP contribution in [0.15, 0.2) is 48.5 Å². The van der Waals surface area contributed by atoms with Crippen LogP contribution in [0.3, 0.4) is 0 Å². The summed E-state index contributed by atoms with van der Waals surface area (Å²) in [6, 6.07) is 15.7. The van der Waals surface area contributed by atoms with Crippen LogP contribution in [0.2, 0.25) is 0 Å². The maximum Gasteiger partial charge on any atom is 0.235 e. The molecule has 0 aliphatic heterocycles. The number of fused-ring (bicyclic) bond motifs is 1. The number of rotatable bonds is 5. The van der Waals surface area contributed by atoms with Gasteiger partial charge < -0.3 is 9.47 Å². The van der Waals surface area contributed by atoms with E-state index in [0.717, 1.165) is 21.4 Å². The Hall–Kier alpha value is -2.93. The lowest BCUT2D eigenvalue weighted by molar-refractivity contribution is 0.283. The summed E-state index contributed by atoms with van der Waals surface area (Å²) in [5.74, 6) is 2.12. The van der Waals surface area contributed by atoms with E-state index in [-0.39, 0.29) is 0 Å². The van der Waals surface area contributed by atoms with Crippen LogP contribution >= 0.6 is 11.3 Å². The fourth-order valence-corrected chi connectivity index (χ4v) is 3.30. The molecule has 25 heavy (non-hydrogen) atoms. The number of aryl methyl sites for hydroxylation is 1. The summed E-state index contributed by atoms with van der Waals surface area (Å²) in [7, 11) is 1.62. The van der Waals surface area contributed by atoms with E-state index in [1.165, 1.54) is 16.9 Å². The van der Waals surface area contributed by atoms with Gasteiger partial charge in [0.05, 0.1) is 7.11 Å². The predicted molar refractivity (Wildman–Crippen MR) is 96.2 cm³/mol. The van der Waals surface area contributed by atoms with Crippen molar-refractivity contribution in [1.29, 1.82) is 0 Å². The van der Waals surface area contributed by atoms with Gasteiger partial charge in [-0.2, -0.15) is 9.61 Å². The molecule has 0 bridgehead atoms. The molecule has 0 unspecified atom stereocenters. The fourth-order valence-electron chi connectivity index (χ4n) is 2.56. The zero-order chi connectivity index (χ0) is 17.2. The van der Waals surface area contributed by atoms with Gasteiger partial charge in [-0.1, -0.05) is 47.2 Å². The topological polar surface area (TPSA) is 61.5 Å². The van der Waals surface area contributed by atoms with Gasteiger partial charge >= 0.3 is 0 Å². The second-order valence-corrected chi connectivity index (χ2v) is 6.56. The number of benzene rings is 2. The molecule has 6 nitrogen and oxygen atoms in total. The Morgan fingerprint density at radius 3 is 2.68 bits per heavy atom. The van der Waals surface area contributed by atoms with E-state index < -0.39 is 0 Å². The molecule has 0 spiro atoms. The van der Waals surface area contributed by atoms with Crippen molar-refractivity contribution in [3.63, 3.8) is 0 Å². The van der Waals surface area contributed by atoms with Crippen molar-refractivity contribution in [2.24, 2.45) is 0 Å². The predicted octanol–water partition coefficient (Wildman–Crippen LogP) is 3.75. The van der Waals surface area contributed by atoms with E-state index in [1.54, 1.807) is 11.6 Å². The van der Waals surface area contributed by atoms with Gasteiger partial charge in [0, 0.05) is 5.56 Å². The normalized spacial score (nSPS) is 11.0. The molecule has 0 fully saturated rings. The summed E-state index contributed by atoms with van der Waals surface area (Å²) >= 11 is 1.46. The standard InChI is InChI=1S/C18H16N4O2S/c1-12-6-5-7-13(10-12)17-19-20-18-22(17)21-16(25-18)11-24-15-9-4-3-8-14(15)23-2/h3-10H,11H2,1-2H3. The second kappa shape index (κ2) is 6.52. The zero-order valence-corrected chi connectivity index (χ0v) is 14.7. The largest absolute Gasteiger partial charge is 0.493 e. The monoisotopic (exact) mass is 352 g/mol. The summed E-state index contributed by atoms with van der Waals surface area (Å²) in [5.41, 5.74) is 2.17. The highest BCUT2D eigenvalue weighted by atomic mass is 32.1. The van der Waals surface area contributed by atoms with Crippen LogP contribution in [0.25, 0.3) is 16.3 Å². The minimum atomic E-state index is 0.349. The molecule has 0 amide bonds. The van der Waals surface area contributed by atoms with Gasteiger partial charge in [-0.15, -0.1) is 10.2 Å². The van der Waals surface area contributed by atoms with Crippen LogP contribution in [0.4, 0.5) is 0 Å². The summed E-state index contributed by atoms with van der Waals surface area (Å²) < 4.78 is 12.9. The SMILES string of the molecule is COc1ccccc1OCc1nn2c(-c3cccc(C)c3)nnc2s1. The van der Waals surface area contributed by atoms with Crippen LogP contribution in [0.1, 0.15) is 10.6 Å². The molecule has 0 radical (unpaired) electrons. The molecule has 0 saturated carbocycles. The first-order valence-electron chi connectivity index (χ1n) is 7.78. The lowest BCUT2D eigenvalue weighted by Crippen LogP contribution is -1.99. The van der Waals surface area contributed by atoms with E-state index in [0.29, 0.717) is 18.1 Å². The molecule has 0 atom stereocenters.